The predicted octanol–water partition coefficient (Wildman–Crippen LogP) is 3.49. The number of carbonyl (C=O) groups is 1. The molecule has 0 spiro atoms. The summed E-state index contributed by atoms with van der Waals surface area (Å²) in [4.78, 5) is 12.6. The lowest BCUT2D eigenvalue weighted by atomic mass is 10.2. The molecule has 140 valence electrons. The largest absolute Gasteiger partial charge is 0.492 e. The monoisotopic (exact) mass is 383 g/mol. The molecule has 3 rings (SSSR count). The molecule has 1 aromatic heterocycles. The average Bonchev–Trinajstić information content (AvgIpc) is 3.11. The Morgan fingerprint density at radius 1 is 1.22 bits per heavy atom. The van der Waals surface area contributed by atoms with Crippen molar-refractivity contribution < 1.29 is 9.53 Å². The van der Waals surface area contributed by atoms with Crippen LogP contribution in [0.3, 0.4) is 0 Å². The first kappa shape index (κ1) is 18.9. The minimum atomic E-state index is -0.395. The van der Waals surface area contributed by atoms with Gasteiger partial charge in [0, 0.05) is 0 Å². The first-order valence-electron chi connectivity index (χ1n) is 8.64. The van der Waals surface area contributed by atoms with Gasteiger partial charge in [-0.3, -0.25) is 4.79 Å². The van der Waals surface area contributed by atoms with E-state index in [0.29, 0.717) is 23.2 Å². The molecule has 2 aromatic carbocycles. The lowest BCUT2D eigenvalue weighted by Gasteiger charge is -2.14. The maximum absolute atomic E-state index is 12.6. The van der Waals surface area contributed by atoms with Crippen molar-refractivity contribution in [3.8, 4) is 11.4 Å². The summed E-state index contributed by atoms with van der Waals surface area (Å²) in [6, 6.07) is 15.2. The van der Waals surface area contributed by atoms with Gasteiger partial charge >= 0.3 is 0 Å². The quantitative estimate of drug-likeness (QED) is 0.629. The van der Waals surface area contributed by atoms with Gasteiger partial charge in [-0.2, -0.15) is 4.68 Å². The number of benzene rings is 2. The van der Waals surface area contributed by atoms with E-state index in [1.54, 1.807) is 4.68 Å². The second-order valence-corrected chi connectivity index (χ2v) is 7.15. The smallest absolute Gasteiger partial charge is 0.237 e. The number of ether oxygens (including phenoxy) is 1. The van der Waals surface area contributed by atoms with Gasteiger partial charge in [-0.15, -0.1) is 5.10 Å². The predicted molar refractivity (Wildman–Crippen MR) is 105 cm³/mol. The zero-order valence-corrected chi connectivity index (χ0v) is 16.2. The fraction of sp³-hybridized carbons (Fsp3) is 0.263. The number of hydrogen-bond acceptors (Lipinski definition) is 6. The van der Waals surface area contributed by atoms with Gasteiger partial charge in [-0.05, 0) is 55.0 Å². The molecule has 8 heteroatoms. The number of aromatic nitrogens is 4. The van der Waals surface area contributed by atoms with E-state index in [9.17, 15) is 4.79 Å². The van der Waals surface area contributed by atoms with Crippen molar-refractivity contribution in [1.82, 2.24) is 20.2 Å². The zero-order chi connectivity index (χ0) is 19.2. The van der Waals surface area contributed by atoms with Gasteiger partial charge in [0.05, 0.1) is 23.2 Å². The highest BCUT2D eigenvalue weighted by atomic mass is 32.2. The summed E-state index contributed by atoms with van der Waals surface area (Å²) in [5.41, 5.74) is 2.59. The molecule has 0 fully saturated rings. The van der Waals surface area contributed by atoms with E-state index >= 15 is 0 Å². The third kappa shape index (κ3) is 4.46. The van der Waals surface area contributed by atoms with Crippen LogP contribution in [0.4, 0.5) is 5.69 Å². The Morgan fingerprint density at radius 2 is 1.96 bits per heavy atom. The van der Waals surface area contributed by atoms with E-state index in [4.69, 9.17) is 4.74 Å². The second-order valence-electron chi connectivity index (χ2n) is 5.84. The third-order valence-electron chi connectivity index (χ3n) is 3.88. The van der Waals surface area contributed by atoms with Crippen molar-refractivity contribution in [2.75, 3.05) is 11.9 Å². The van der Waals surface area contributed by atoms with Crippen LogP contribution in [0, 0.1) is 6.92 Å². The van der Waals surface area contributed by atoms with Crippen LogP contribution in [0.5, 0.6) is 5.75 Å². The Balaban J connectivity index is 1.73. The van der Waals surface area contributed by atoms with E-state index in [-0.39, 0.29) is 5.91 Å². The number of nitrogens with one attached hydrogen (secondary N) is 1. The number of aryl methyl sites for hydroxylation is 1. The molecule has 1 amide bonds. The van der Waals surface area contributed by atoms with Crippen LogP contribution < -0.4 is 10.1 Å². The standard InChI is InChI=1S/C19H21N5O2S/c1-4-26-17-12-8-6-10-15(17)20-18(25)14(3)27-19-21-22-23-24(19)16-11-7-5-9-13(16)2/h5-12,14H,4H2,1-3H3,(H,20,25)/t14-/m1/s1. The van der Waals surface area contributed by atoms with Gasteiger partial charge in [0.15, 0.2) is 0 Å². The molecule has 0 aliphatic carbocycles. The molecule has 0 aliphatic heterocycles. The zero-order valence-electron chi connectivity index (χ0n) is 15.4. The molecular weight excluding hydrogens is 362 g/mol. The summed E-state index contributed by atoms with van der Waals surface area (Å²) < 4.78 is 7.21. The number of anilines is 1. The van der Waals surface area contributed by atoms with Crippen LogP contribution in [0.1, 0.15) is 19.4 Å². The van der Waals surface area contributed by atoms with Crippen molar-refractivity contribution in [3.63, 3.8) is 0 Å². The number of para-hydroxylation sites is 3. The van der Waals surface area contributed by atoms with Gasteiger partial charge in [-0.1, -0.05) is 42.1 Å². The molecule has 7 nitrogen and oxygen atoms in total. The number of amides is 1. The molecule has 1 atom stereocenters. The number of rotatable bonds is 7. The fourth-order valence-electron chi connectivity index (χ4n) is 2.50. The molecule has 1 heterocycles. The molecule has 0 radical (unpaired) electrons. The Labute approximate surface area is 162 Å². The second kappa shape index (κ2) is 8.68. The van der Waals surface area contributed by atoms with Crippen LogP contribution in [-0.4, -0.2) is 38.0 Å². The van der Waals surface area contributed by atoms with Crippen LogP contribution in [0.25, 0.3) is 5.69 Å². The Kier molecular flexibility index (Phi) is 6.08. The average molecular weight is 383 g/mol. The van der Waals surface area contributed by atoms with Crippen LogP contribution >= 0.6 is 11.8 Å². The van der Waals surface area contributed by atoms with Crippen molar-refractivity contribution in [2.24, 2.45) is 0 Å². The van der Waals surface area contributed by atoms with Gasteiger partial charge in [0.2, 0.25) is 11.1 Å². The molecule has 27 heavy (non-hydrogen) atoms. The first-order chi connectivity index (χ1) is 13.1. The molecule has 0 unspecified atom stereocenters. The topological polar surface area (TPSA) is 81.9 Å². The highest BCUT2D eigenvalue weighted by Gasteiger charge is 2.20. The summed E-state index contributed by atoms with van der Waals surface area (Å²) in [7, 11) is 0. The number of tetrazole rings is 1. The Morgan fingerprint density at radius 3 is 2.74 bits per heavy atom. The van der Waals surface area contributed by atoms with E-state index in [1.807, 2.05) is 69.3 Å². The van der Waals surface area contributed by atoms with Crippen LogP contribution in [0.2, 0.25) is 0 Å². The number of thioether (sulfide) groups is 1. The summed E-state index contributed by atoms with van der Waals surface area (Å²) in [5.74, 6) is 0.502. The minimum Gasteiger partial charge on any atom is -0.492 e. The third-order valence-corrected chi connectivity index (χ3v) is 4.91. The Bertz CT molecular complexity index is 928. The minimum absolute atomic E-state index is 0.147. The van der Waals surface area contributed by atoms with E-state index in [1.165, 1.54) is 11.8 Å². The van der Waals surface area contributed by atoms with Crippen molar-refractivity contribution in [1.29, 1.82) is 0 Å². The van der Waals surface area contributed by atoms with E-state index < -0.39 is 5.25 Å². The number of carbonyl (C=O) groups excluding carboxylic acids is 1. The van der Waals surface area contributed by atoms with E-state index in [0.717, 1.165) is 11.3 Å². The fourth-order valence-corrected chi connectivity index (χ4v) is 3.30. The summed E-state index contributed by atoms with van der Waals surface area (Å²) in [6.45, 7) is 6.25. The maximum Gasteiger partial charge on any atom is 0.237 e. The SMILES string of the molecule is CCOc1ccccc1NC(=O)[C@@H](C)Sc1nnnn1-c1ccccc1C. The Hall–Kier alpha value is -2.87. The van der Waals surface area contributed by atoms with Crippen molar-refractivity contribution >= 4 is 23.4 Å². The summed E-state index contributed by atoms with van der Waals surface area (Å²) in [6.07, 6.45) is 0. The molecular formula is C19H21N5O2S. The molecule has 1 N–H and O–H groups in total. The summed E-state index contributed by atoms with van der Waals surface area (Å²) in [5, 5.41) is 15.0. The number of hydrogen-bond donors (Lipinski definition) is 1. The van der Waals surface area contributed by atoms with Gasteiger partial charge in [0.1, 0.15) is 5.75 Å². The highest BCUT2D eigenvalue weighted by molar-refractivity contribution is 8.00. The van der Waals surface area contributed by atoms with Crippen LogP contribution in [0.15, 0.2) is 53.7 Å². The van der Waals surface area contributed by atoms with Crippen molar-refractivity contribution in [3.05, 3.63) is 54.1 Å². The summed E-state index contributed by atoms with van der Waals surface area (Å²) >= 11 is 1.30. The highest BCUT2D eigenvalue weighted by Crippen LogP contribution is 2.27. The lowest BCUT2D eigenvalue weighted by molar-refractivity contribution is -0.115. The first-order valence-corrected chi connectivity index (χ1v) is 9.52. The van der Waals surface area contributed by atoms with Gasteiger partial charge in [0.25, 0.3) is 0 Å². The maximum atomic E-state index is 12.6. The molecule has 0 aliphatic rings. The normalized spacial score (nSPS) is 11.8. The molecule has 0 saturated heterocycles. The van der Waals surface area contributed by atoms with Crippen molar-refractivity contribution in [2.45, 2.75) is 31.2 Å². The molecule has 0 saturated carbocycles. The molecule has 0 bridgehead atoms. The van der Waals surface area contributed by atoms with Gasteiger partial charge < -0.3 is 10.1 Å². The van der Waals surface area contributed by atoms with Crippen LogP contribution in [-0.2, 0) is 4.79 Å². The lowest BCUT2D eigenvalue weighted by Crippen LogP contribution is -2.23. The van der Waals surface area contributed by atoms with Gasteiger partial charge in [-0.25, -0.2) is 0 Å². The van der Waals surface area contributed by atoms with E-state index in [2.05, 4.69) is 20.8 Å². The number of nitrogens with zero attached hydrogens (tertiary/aromatic N) is 4. The molecule has 3 aromatic rings.